The van der Waals surface area contributed by atoms with Crippen molar-refractivity contribution in [3.63, 3.8) is 0 Å². The fourth-order valence-electron chi connectivity index (χ4n) is 1.71. The third kappa shape index (κ3) is 1.51. The van der Waals surface area contributed by atoms with Crippen molar-refractivity contribution in [3.8, 4) is 0 Å². The average Bonchev–Trinajstić information content (AvgIpc) is 2.18. The molecule has 0 saturated heterocycles. The molecule has 1 saturated carbocycles. The maximum absolute atomic E-state index is 5.72. The Morgan fingerprint density at radius 2 is 2.36 bits per heavy atom. The van der Waals surface area contributed by atoms with Gasteiger partial charge in [0.05, 0.1) is 11.6 Å². The minimum absolute atomic E-state index is 0.234. The van der Waals surface area contributed by atoms with Gasteiger partial charge >= 0.3 is 0 Å². The van der Waals surface area contributed by atoms with Gasteiger partial charge in [-0.1, -0.05) is 0 Å². The second kappa shape index (κ2) is 3.83. The van der Waals surface area contributed by atoms with Crippen molar-refractivity contribution in [3.05, 3.63) is 23.8 Å². The number of halogens is 1. The Labute approximate surface area is 88.5 Å². The zero-order valence-corrected chi connectivity index (χ0v) is 8.92. The van der Waals surface area contributed by atoms with Gasteiger partial charge in [0, 0.05) is 13.3 Å². The van der Waals surface area contributed by atoms with E-state index in [2.05, 4.69) is 9.97 Å². The molecule has 0 amide bonds. The third-order valence-corrected chi connectivity index (χ3v) is 3.08. The van der Waals surface area contributed by atoms with Gasteiger partial charge in [0.1, 0.15) is 5.60 Å². The highest BCUT2D eigenvalue weighted by Crippen LogP contribution is 2.42. The SMILES string of the molecule is COC1(c2nccc(CCl)n2)CCC1. The summed E-state index contributed by atoms with van der Waals surface area (Å²) in [6.07, 6.45) is 4.95. The third-order valence-electron chi connectivity index (χ3n) is 2.81. The maximum Gasteiger partial charge on any atom is 0.160 e. The van der Waals surface area contributed by atoms with Crippen LogP contribution in [0.25, 0.3) is 0 Å². The summed E-state index contributed by atoms with van der Waals surface area (Å²) in [5.74, 6) is 1.21. The quantitative estimate of drug-likeness (QED) is 0.721. The fourth-order valence-corrected chi connectivity index (χ4v) is 1.86. The lowest BCUT2D eigenvalue weighted by molar-refractivity contribution is -0.0847. The van der Waals surface area contributed by atoms with Gasteiger partial charge in [-0.15, -0.1) is 11.6 Å². The molecule has 2 rings (SSSR count). The Morgan fingerprint density at radius 3 is 2.86 bits per heavy atom. The summed E-state index contributed by atoms with van der Waals surface area (Å²) in [7, 11) is 1.72. The van der Waals surface area contributed by atoms with Gasteiger partial charge < -0.3 is 4.74 Å². The highest BCUT2D eigenvalue weighted by molar-refractivity contribution is 6.16. The van der Waals surface area contributed by atoms with E-state index in [0.29, 0.717) is 5.88 Å². The van der Waals surface area contributed by atoms with Gasteiger partial charge in [0.25, 0.3) is 0 Å². The first-order chi connectivity index (χ1) is 6.80. The summed E-state index contributed by atoms with van der Waals surface area (Å²) in [5, 5.41) is 0. The first kappa shape index (κ1) is 9.87. The Kier molecular flexibility index (Phi) is 2.70. The van der Waals surface area contributed by atoms with E-state index in [1.807, 2.05) is 6.07 Å². The van der Waals surface area contributed by atoms with E-state index >= 15 is 0 Å². The number of hydrogen-bond donors (Lipinski definition) is 0. The Morgan fingerprint density at radius 1 is 1.57 bits per heavy atom. The lowest BCUT2D eigenvalue weighted by atomic mass is 9.79. The molecule has 0 spiro atoms. The number of rotatable bonds is 3. The molecule has 0 aromatic carbocycles. The van der Waals surface area contributed by atoms with Crippen LogP contribution in [0.15, 0.2) is 12.3 Å². The first-order valence-electron chi connectivity index (χ1n) is 4.74. The van der Waals surface area contributed by atoms with E-state index in [1.54, 1.807) is 13.3 Å². The summed E-state index contributed by atoms with van der Waals surface area (Å²) >= 11 is 5.72. The summed E-state index contributed by atoms with van der Waals surface area (Å²) < 4.78 is 5.49. The van der Waals surface area contributed by atoms with Gasteiger partial charge in [-0.05, 0) is 25.3 Å². The summed E-state index contributed by atoms with van der Waals surface area (Å²) in [6, 6.07) is 1.83. The van der Waals surface area contributed by atoms with E-state index in [4.69, 9.17) is 16.3 Å². The Hall–Kier alpha value is -0.670. The molecular formula is C10H13ClN2O. The van der Waals surface area contributed by atoms with E-state index in [9.17, 15) is 0 Å². The van der Waals surface area contributed by atoms with Crippen LogP contribution in [0.3, 0.4) is 0 Å². The van der Waals surface area contributed by atoms with Crippen molar-refractivity contribution >= 4 is 11.6 Å². The van der Waals surface area contributed by atoms with Gasteiger partial charge in [0.2, 0.25) is 0 Å². The number of aromatic nitrogens is 2. The van der Waals surface area contributed by atoms with Gasteiger partial charge in [-0.3, -0.25) is 0 Å². The van der Waals surface area contributed by atoms with Crippen LogP contribution in [0, 0.1) is 0 Å². The molecule has 1 aliphatic carbocycles. The molecule has 0 aliphatic heterocycles. The minimum Gasteiger partial charge on any atom is -0.370 e. The maximum atomic E-state index is 5.72. The van der Waals surface area contributed by atoms with Crippen molar-refractivity contribution in [2.24, 2.45) is 0 Å². The molecular weight excluding hydrogens is 200 g/mol. The van der Waals surface area contributed by atoms with Crippen LogP contribution in [-0.2, 0) is 16.2 Å². The van der Waals surface area contributed by atoms with Crippen molar-refractivity contribution in [1.29, 1.82) is 0 Å². The lowest BCUT2D eigenvalue weighted by Gasteiger charge is -2.38. The minimum atomic E-state index is -0.234. The normalized spacial score (nSPS) is 19.0. The average molecular weight is 213 g/mol. The predicted octanol–water partition coefficient (Wildman–Crippen LogP) is 2.24. The van der Waals surface area contributed by atoms with Crippen molar-refractivity contribution in [2.75, 3.05) is 7.11 Å². The first-order valence-corrected chi connectivity index (χ1v) is 5.28. The van der Waals surface area contributed by atoms with Crippen molar-refractivity contribution < 1.29 is 4.74 Å². The van der Waals surface area contributed by atoms with Crippen LogP contribution in [0.4, 0.5) is 0 Å². The zero-order chi connectivity index (χ0) is 10.0. The van der Waals surface area contributed by atoms with Gasteiger partial charge in [-0.2, -0.15) is 0 Å². The van der Waals surface area contributed by atoms with Crippen molar-refractivity contribution in [1.82, 2.24) is 9.97 Å². The van der Waals surface area contributed by atoms with Gasteiger partial charge in [0.15, 0.2) is 5.82 Å². The molecule has 0 unspecified atom stereocenters. The van der Waals surface area contributed by atoms with E-state index in [-0.39, 0.29) is 5.60 Å². The number of nitrogens with zero attached hydrogens (tertiary/aromatic N) is 2. The monoisotopic (exact) mass is 212 g/mol. The molecule has 0 radical (unpaired) electrons. The molecule has 3 nitrogen and oxygen atoms in total. The molecule has 1 heterocycles. The largest absolute Gasteiger partial charge is 0.370 e. The highest BCUT2D eigenvalue weighted by atomic mass is 35.5. The molecule has 1 fully saturated rings. The molecule has 1 aromatic rings. The van der Waals surface area contributed by atoms with E-state index < -0.39 is 0 Å². The van der Waals surface area contributed by atoms with E-state index in [1.165, 1.54) is 6.42 Å². The van der Waals surface area contributed by atoms with Crippen molar-refractivity contribution in [2.45, 2.75) is 30.7 Å². The number of alkyl halides is 1. The van der Waals surface area contributed by atoms with Crippen LogP contribution in [0.1, 0.15) is 30.8 Å². The second-order valence-electron chi connectivity index (χ2n) is 3.56. The summed E-state index contributed by atoms with van der Waals surface area (Å²) in [5.41, 5.74) is 0.627. The Bertz CT molecular complexity index is 320. The fraction of sp³-hybridized carbons (Fsp3) is 0.600. The van der Waals surface area contributed by atoms with Crippen LogP contribution in [0.5, 0.6) is 0 Å². The second-order valence-corrected chi connectivity index (χ2v) is 3.82. The van der Waals surface area contributed by atoms with Crippen LogP contribution < -0.4 is 0 Å². The van der Waals surface area contributed by atoms with Crippen LogP contribution in [0.2, 0.25) is 0 Å². The zero-order valence-electron chi connectivity index (χ0n) is 8.16. The molecule has 1 aromatic heterocycles. The molecule has 4 heteroatoms. The number of hydrogen-bond acceptors (Lipinski definition) is 3. The smallest absolute Gasteiger partial charge is 0.160 e. The van der Waals surface area contributed by atoms with Gasteiger partial charge in [-0.25, -0.2) is 9.97 Å². The van der Waals surface area contributed by atoms with E-state index in [0.717, 1.165) is 24.4 Å². The molecule has 14 heavy (non-hydrogen) atoms. The summed E-state index contributed by atoms with van der Waals surface area (Å²) in [4.78, 5) is 8.65. The molecule has 0 atom stereocenters. The predicted molar refractivity (Wildman–Crippen MR) is 54.1 cm³/mol. The van der Waals surface area contributed by atoms with Crippen LogP contribution in [-0.4, -0.2) is 17.1 Å². The number of ether oxygens (including phenoxy) is 1. The molecule has 76 valence electrons. The number of methoxy groups -OCH3 is 1. The molecule has 1 aliphatic rings. The molecule has 0 N–H and O–H groups in total. The standard InChI is InChI=1S/C10H13ClN2O/c1-14-10(4-2-5-10)9-12-6-3-8(7-11)13-9/h3,6H,2,4-5,7H2,1H3. The lowest BCUT2D eigenvalue weighted by Crippen LogP contribution is -2.38. The highest BCUT2D eigenvalue weighted by Gasteiger charge is 2.41. The molecule has 0 bridgehead atoms. The summed E-state index contributed by atoms with van der Waals surface area (Å²) in [6.45, 7) is 0. The Balaban J connectivity index is 2.30. The topological polar surface area (TPSA) is 35.0 Å². The van der Waals surface area contributed by atoms with Crippen LogP contribution >= 0.6 is 11.6 Å².